The average molecular weight is 340 g/mol. The highest BCUT2D eigenvalue weighted by Gasteiger charge is 2.20. The van der Waals surface area contributed by atoms with Gasteiger partial charge in [-0.3, -0.25) is 0 Å². The minimum absolute atomic E-state index is 0.231. The van der Waals surface area contributed by atoms with Crippen molar-refractivity contribution in [3.8, 4) is 0 Å². The molecule has 0 spiro atoms. The van der Waals surface area contributed by atoms with Crippen LogP contribution in [0.25, 0.3) is 0 Å². The Hall–Kier alpha value is -3.23. The predicted octanol–water partition coefficient (Wildman–Crippen LogP) is 2.27. The summed E-state index contributed by atoms with van der Waals surface area (Å²) < 4.78 is 0. The molecule has 1 aliphatic heterocycles. The van der Waals surface area contributed by atoms with Gasteiger partial charge in [0.1, 0.15) is 0 Å². The maximum atomic E-state index is 11.9. The molecule has 0 atom stereocenters. The highest BCUT2D eigenvalue weighted by molar-refractivity contribution is 5.98. The molecule has 1 heterocycles. The molecule has 3 N–H and O–H groups in total. The molecule has 0 radical (unpaired) electrons. The molecule has 1 fully saturated rings. The second-order valence-electron chi connectivity index (χ2n) is 5.35. The number of aliphatic imine (C=N–C) groups is 1. The SMILES string of the molecule is O=C(N=C1CN(Cc2ccc(C(=O)O)cc2)NO1)Nc1ccccc1. The van der Waals surface area contributed by atoms with Crippen molar-refractivity contribution in [2.75, 3.05) is 11.9 Å². The lowest BCUT2D eigenvalue weighted by Crippen LogP contribution is -2.29. The van der Waals surface area contributed by atoms with Crippen LogP contribution in [0.5, 0.6) is 0 Å². The first-order valence-corrected chi connectivity index (χ1v) is 7.53. The Kier molecular flexibility index (Phi) is 5.03. The fourth-order valence-corrected chi connectivity index (χ4v) is 2.25. The first-order chi connectivity index (χ1) is 12.1. The topological polar surface area (TPSA) is 103 Å². The van der Waals surface area contributed by atoms with Crippen molar-refractivity contribution < 1.29 is 19.5 Å². The number of benzene rings is 2. The zero-order valence-corrected chi connectivity index (χ0v) is 13.2. The molecule has 1 aliphatic rings. The van der Waals surface area contributed by atoms with Gasteiger partial charge in [0.25, 0.3) is 0 Å². The van der Waals surface area contributed by atoms with E-state index in [1.807, 2.05) is 18.2 Å². The zero-order valence-electron chi connectivity index (χ0n) is 13.2. The Morgan fingerprint density at radius 1 is 1.16 bits per heavy atom. The van der Waals surface area contributed by atoms with Crippen LogP contribution in [0.4, 0.5) is 10.5 Å². The van der Waals surface area contributed by atoms with Gasteiger partial charge in [-0.25, -0.2) is 9.59 Å². The molecule has 1 saturated heterocycles. The van der Waals surface area contributed by atoms with E-state index in [1.165, 1.54) is 12.1 Å². The van der Waals surface area contributed by atoms with Crippen LogP contribution in [-0.2, 0) is 11.4 Å². The van der Waals surface area contributed by atoms with Crippen LogP contribution in [0.2, 0.25) is 0 Å². The van der Waals surface area contributed by atoms with Gasteiger partial charge in [0.15, 0.2) is 0 Å². The van der Waals surface area contributed by atoms with Gasteiger partial charge in [0.05, 0.1) is 12.1 Å². The van der Waals surface area contributed by atoms with Crippen LogP contribution >= 0.6 is 0 Å². The van der Waals surface area contributed by atoms with E-state index in [0.29, 0.717) is 18.8 Å². The summed E-state index contributed by atoms with van der Waals surface area (Å²) in [5, 5.41) is 13.2. The molecular weight excluding hydrogens is 324 g/mol. The molecule has 0 aromatic heterocycles. The van der Waals surface area contributed by atoms with Crippen molar-refractivity contribution in [3.63, 3.8) is 0 Å². The molecule has 0 aliphatic carbocycles. The standard InChI is InChI=1S/C17H16N4O4/c22-16(23)13-8-6-12(7-9-13)10-21-11-15(25-20-21)19-17(24)18-14-4-2-1-3-5-14/h1-9,20H,10-11H2,(H,18,24)(H,22,23). The molecule has 8 heteroatoms. The minimum Gasteiger partial charge on any atom is -0.478 e. The van der Waals surface area contributed by atoms with Gasteiger partial charge >= 0.3 is 12.0 Å². The summed E-state index contributed by atoms with van der Waals surface area (Å²) in [6, 6.07) is 15.0. The molecule has 2 aromatic rings. The fourth-order valence-electron chi connectivity index (χ4n) is 2.25. The number of hydrogen-bond acceptors (Lipinski definition) is 5. The number of aromatic carboxylic acids is 1. The number of nitrogens with zero attached hydrogens (tertiary/aromatic N) is 2. The number of para-hydroxylation sites is 1. The Morgan fingerprint density at radius 2 is 1.88 bits per heavy atom. The molecule has 0 bridgehead atoms. The van der Waals surface area contributed by atoms with Crippen molar-refractivity contribution in [1.82, 2.24) is 10.6 Å². The molecule has 2 amide bonds. The van der Waals surface area contributed by atoms with Crippen molar-refractivity contribution in [3.05, 3.63) is 65.7 Å². The van der Waals surface area contributed by atoms with Crippen LogP contribution in [0.15, 0.2) is 59.6 Å². The number of nitrogens with one attached hydrogen (secondary N) is 2. The predicted molar refractivity (Wildman–Crippen MR) is 90.9 cm³/mol. The lowest BCUT2D eigenvalue weighted by atomic mass is 10.1. The van der Waals surface area contributed by atoms with Crippen molar-refractivity contribution in [2.24, 2.45) is 4.99 Å². The molecule has 2 aromatic carbocycles. The number of carbonyl (C=O) groups is 2. The smallest absolute Gasteiger partial charge is 0.348 e. The van der Waals surface area contributed by atoms with E-state index in [1.54, 1.807) is 29.3 Å². The van der Waals surface area contributed by atoms with E-state index >= 15 is 0 Å². The van der Waals surface area contributed by atoms with Crippen molar-refractivity contribution in [2.45, 2.75) is 6.54 Å². The van der Waals surface area contributed by atoms with E-state index in [0.717, 1.165) is 5.56 Å². The van der Waals surface area contributed by atoms with Crippen LogP contribution in [0, 0.1) is 0 Å². The summed E-state index contributed by atoms with van der Waals surface area (Å²) in [5.74, 6) is -0.719. The summed E-state index contributed by atoms with van der Waals surface area (Å²) in [6.45, 7) is 0.780. The van der Waals surface area contributed by atoms with Gasteiger partial charge in [-0.15, -0.1) is 0 Å². The van der Waals surface area contributed by atoms with Crippen LogP contribution in [-0.4, -0.2) is 34.6 Å². The second kappa shape index (κ2) is 7.56. The molecule has 3 rings (SSSR count). The third kappa shape index (κ3) is 4.63. The number of carbonyl (C=O) groups excluding carboxylic acids is 1. The number of hydrazine groups is 1. The highest BCUT2D eigenvalue weighted by Crippen LogP contribution is 2.10. The summed E-state index contributed by atoms with van der Waals surface area (Å²) in [6.07, 6.45) is 0. The quantitative estimate of drug-likeness (QED) is 0.789. The van der Waals surface area contributed by atoms with Crippen LogP contribution < -0.4 is 10.9 Å². The van der Waals surface area contributed by atoms with Crippen LogP contribution in [0.3, 0.4) is 0 Å². The van der Waals surface area contributed by atoms with Crippen LogP contribution in [0.1, 0.15) is 15.9 Å². The third-order valence-corrected chi connectivity index (χ3v) is 3.44. The van der Waals surface area contributed by atoms with E-state index < -0.39 is 12.0 Å². The molecule has 25 heavy (non-hydrogen) atoms. The lowest BCUT2D eigenvalue weighted by Gasteiger charge is -2.11. The van der Waals surface area contributed by atoms with Gasteiger partial charge in [-0.1, -0.05) is 35.9 Å². The Labute approximate surface area is 143 Å². The highest BCUT2D eigenvalue weighted by atomic mass is 16.7. The first kappa shape index (κ1) is 16.6. The van der Waals surface area contributed by atoms with Gasteiger partial charge in [0, 0.05) is 12.2 Å². The molecule has 8 nitrogen and oxygen atoms in total. The normalized spacial score (nSPS) is 15.8. The molecule has 0 saturated carbocycles. The van der Waals surface area contributed by atoms with Crippen molar-refractivity contribution in [1.29, 1.82) is 0 Å². The Morgan fingerprint density at radius 3 is 2.56 bits per heavy atom. The largest absolute Gasteiger partial charge is 0.478 e. The van der Waals surface area contributed by atoms with Gasteiger partial charge in [-0.05, 0) is 29.8 Å². The maximum absolute atomic E-state index is 11.9. The van der Waals surface area contributed by atoms with Gasteiger partial charge in [-0.2, -0.15) is 10.0 Å². The Bertz CT molecular complexity index is 790. The number of amides is 2. The monoisotopic (exact) mass is 340 g/mol. The lowest BCUT2D eigenvalue weighted by molar-refractivity contribution is 0.0496. The number of rotatable bonds is 4. The Balaban J connectivity index is 1.54. The van der Waals surface area contributed by atoms with Gasteiger partial charge in [0.2, 0.25) is 5.90 Å². The van der Waals surface area contributed by atoms with Crippen molar-refractivity contribution >= 4 is 23.6 Å². The maximum Gasteiger partial charge on any atom is 0.348 e. The fraction of sp³-hybridized carbons (Fsp3) is 0.118. The summed E-state index contributed by atoms with van der Waals surface area (Å²) >= 11 is 0. The molecular formula is C17H16N4O4. The summed E-state index contributed by atoms with van der Waals surface area (Å²) in [7, 11) is 0. The molecule has 128 valence electrons. The molecule has 0 unspecified atom stereocenters. The zero-order chi connectivity index (χ0) is 17.6. The number of carboxylic acid groups (broad SMARTS) is 1. The number of urea groups is 1. The number of anilines is 1. The second-order valence-corrected chi connectivity index (χ2v) is 5.35. The summed E-state index contributed by atoms with van der Waals surface area (Å²) in [5.41, 5.74) is 4.45. The van der Waals surface area contributed by atoms with E-state index in [2.05, 4.69) is 15.9 Å². The number of carboxylic acids is 1. The summed E-state index contributed by atoms with van der Waals surface area (Å²) in [4.78, 5) is 31.7. The van der Waals surface area contributed by atoms with E-state index in [-0.39, 0.29) is 11.5 Å². The minimum atomic E-state index is -0.965. The van der Waals surface area contributed by atoms with E-state index in [9.17, 15) is 9.59 Å². The average Bonchev–Trinajstić information content (AvgIpc) is 3.03. The first-order valence-electron chi connectivity index (χ1n) is 7.53. The number of hydrogen-bond donors (Lipinski definition) is 3. The third-order valence-electron chi connectivity index (χ3n) is 3.44. The van der Waals surface area contributed by atoms with E-state index in [4.69, 9.17) is 9.94 Å². The van der Waals surface area contributed by atoms with Gasteiger partial charge < -0.3 is 15.3 Å².